The maximum atomic E-state index is 5.75. The first-order valence-corrected chi connectivity index (χ1v) is 9.40. The number of hydrogen-bond donors (Lipinski definition) is 1. The summed E-state index contributed by atoms with van der Waals surface area (Å²) in [5.41, 5.74) is 2.17. The summed E-state index contributed by atoms with van der Waals surface area (Å²) in [6, 6.07) is 6.44. The highest BCUT2D eigenvalue weighted by atomic mass is 16.5. The fourth-order valence-corrected chi connectivity index (χ4v) is 2.41. The Balaban J connectivity index is 1.87. The van der Waals surface area contributed by atoms with Gasteiger partial charge in [0.2, 0.25) is 5.88 Å². The van der Waals surface area contributed by atoms with Gasteiger partial charge in [-0.15, -0.1) is 0 Å². The Morgan fingerprint density at radius 3 is 2.54 bits per heavy atom. The van der Waals surface area contributed by atoms with Crippen LogP contribution in [0, 0.1) is 5.41 Å². The van der Waals surface area contributed by atoms with E-state index in [2.05, 4.69) is 73.9 Å². The SMILES string of the molecule is CC(CCc1cncc(OCC(C)(C)C)n1)Nc1cccc(C(C)C)n1. The molecule has 1 N–H and O–H groups in total. The van der Waals surface area contributed by atoms with E-state index in [-0.39, 0.29) is 5.41 Å². The zero-order chi connectivity index (χ0) is 19.2. The number of nitrogens with zero attached hydrogens (tertiary/aromatic N) is 3. The van der Waals surface area contributed by atoms with Crippen molar-refractivity contribution in [3.8, 4) is 5.88 Å². The van der Waals surface area contributed by atoms with Gasteiger partial charge in [0.1, 0.15) is 5.82 Å². The van der Waals surface area contributed by atoms with Crippen LogP contribution in [0.15, 0.2) is 30.6 Å². The quantitative estimate of drug-likeness (QED) is 0.732. The Kier molecular flexibility index (Phi) is 6.95. The number of aromatic nitrogens is 3. The normalized spacial score (nSPS) is 12.9. The second-order valence-corrected chi connectivity index (χ2v) is 8.38. The van der Waals surface area contributed by atoms with Gasteiger partial charge in [0.25, 0.3) is 0 Å². The van der Waals surface area contributed by atoms with E-state index < -0.39 is 0 Å². The Bertz CT molecular complexity index is 694. The molecule has 0 amide bonds. The Morgan fingerprint density at radius 2 is 1.85 bits per heavy atom. The molecule has 0 aromatic carbocycles. The molecule has 0 saturated heterocycles. The molecule has 0 bridgehead atoms. The summed E-state index contributed by atoms with van der Waals surface area (Å²) in [5, 5.41) is 3.48. The topological polar surface area (TPSA) is 59.9 Å². The second kappa shape index (κ2) is 8.97. The number of nitrogens with one attached hydrogen (secondary N) is 1. The van der Waals surface area contributed by atoms with Crippen LogP contribution in [0.3, 0.4) is 0 Å². The van der Waals surface area contributed by atoms with Gasteiger partial charge in [0, 0.05) is 17.9 Å². The molecular weight excluding hydrogens is 324 g/mol. The number of ether oxygens (including phenoxy) is 1. The Hall–Kier alpha value is -2.17. The maximum absolute atomic E-state index is 5.75. The van der Waals surface area contributed by atoms with Gasteiger partial charge < -0.3 is 10.1 Å². The van der Waals surface area contributed by atoms with Gasteiger partial charge in [-0.2, -0.15) is 0 Å². The highest BCUT2D eigenvalue weighted by Gasteiger charge is 2.12. The number of aryl methyl sites for hydroxylation is 1. The first-order chi connectivity index (χ1) is 12.2. The molecule has 2 aromatic heterocycles. The molecule has 1 unspecified atom stereocenters. The lowest BCUT2D eigenvalue weighted by Crippen LogP contribution is -2.18. The maximum Gasteiger partial charge on any atom is 0.232 e. The summed E-state index contributed by atoms with van der Waals surface area (Å²) < 4.78 is 5.75. The highest BCUT2D eigenvalue weighted by molar-refractivity contribution is 5.36. The summed E-state index contributed by atoms with van der Waals surface area (Å²) >= 11 is 0. The molecule has 0 aliphatic rings. The van der Waals surface area contributed by atoms with Crippen LogP contribution in [-0.2, 0) is 6.42 Å². The van der Waals surface area contributed by atoms with Crippen LogP contribution in [0.2, 0.25) is 0 Å². The van der Waals surface area contributed by atoms with Crippen molar-refractivity contribution in [2.24, 2.45) is 5.41 Å². The molecule has 1 atom stereocenters. The van der Waals surface area contributed by atoms with Crippen molar-refractivity contribution in [2.75, 3.05) is 11.9 Å². The molecule has 0 saturated carbocycles. The molecule has 2 rings (SSSR count). The van der Waals surface area contributed by atoms with Crippen molar-refractivity contribution in [1.82, 2.24) is 15.0 Å². The fourth-order valence-electron chi connectivity index (χ4n) is 2.41. The number of hydrogen-bond acceptors (Lipinski definition) is 5. The molecule has 0 aliphatic heterocycles. The third-order valence-corrected chi connectivity index (χ3v) is 3.91. The van der Waals surface area contributed by atoms with Gasteiger partial charge >= 0.3 is 0 Å². The predicted molar refractivity (Wildman–Crippen MR) is 107 cm³/mol. The average Bonchev–Trinajstić information content (AvgIpc) is 2.58. The van der Waals surface area contributed by atoms with Gasteiger partial charge in [-0.25, -0.2) is 9.97 Å². The van der Waals surface area contributed by atoms with Crippen molar-refractivity contribution >= 4 is 5.82 Å². The zero-order valence-corrected chi connectivity index (χ0v) is 16.9. The van der Waals surface area contributed by atoms with E-state index in [0.29, 0.717) is 24.4 Å². The predicted octanol–water partition coefficient (Wildman–Crippen LogP) is 4.85. The summed E-state index contributed by atoms with van der Waals surface area (Å²) in [7, 11) is 0. The van der Waals surface area contributed by atoms with E-state index >= 15 is 0 Å². The minimum atomic E-state index is 0.105. The molecular formula is C21H32N4O. The molecule has 2 aromatic rings. The van der Waals surface area contributed by atoms with E-state index in [4.69, 9.17) is 4.74 Å². The van der Waals surface area contributed by atoms with Crippen molar-refractivity contribution in [3.63, 3.8) is 0 Å². The van der Waals surface area contributed by atoms with Crippen LogP contribution in [-0.4, -0.2) is 27.6 Å². The van der Waals surface area contributed by atoms with Crippen LogP contribution in [0.1, 0.15) is 65.3 Å². The molecule has 0 radical (unpaired) electrons. The summed E-state index contributed by atoms with van der Waals surface area (Å²) in [5.74, 6) is 1.96. The zero-order valence-electron chi connectivity index (χ0n) is 16.9. The van der Waals surface area contributed by atoms with Gasteiger partial charge in [0.05, 0.1) is 18.5 Å². The number of pyridine rings is 1. The number of anilines is 1. The molecule has 0 aliphatic carbocycles. The Labute approximate surface area is 157 Å². The second-order valence-electron chi connectivity index (χ2n) is 8.38. The van der Waals surface area contributed by atoms with Crippen LogP contribution in [0.25, 0.3) is 0 Å². The first-order valence-electron chi connectivity index (χ1n) is 9.40. The minimum absolute atomic E-state index is 0.105. The molecule has 0 fully saturated rings. The largest absolute Gasteiger partial charge is 0.476 e. The van der Waals surface area contributed by atoms with E-state index in [1.54, 1.807) is 6.20 Å². The van der Waals surface area contributed by atoms with E-state index in [9.17, 15) is 0 Å². The van der Waals surface area contributed by atoms with Crippen molar-refractivity contribution in [3.05, 3.63) is 42.0 Å². The van der Waals surface area contributed by atoms with Crippen LogP contribution < -0.4 is 10.1 Å². The Morgan fingerprint density at radius 1 is 1.08 bits per heavy atom. The molecule has 0 spiro atoms. The minimum Gasteiger partial charge on any atom is -0.476 e. The van der Waals surface area contributed by atoms with Gasteiger partial charge in [0.15, 0.2) is 0 Å². The monoisotopic (exact) mass is 356 g/mol. The third kappa shape index (κ3) is 6.98. The lowest BCUT2D eigenvalue weighted by Gasteiger charge is -2.18. The third-order valence-electron chi connectivity index (χ3n) is 3.91. The lowest BCUT2D eigenvalue weighted by atomic mass is 9.99. The molecule has 26 heavy (non-hydrogen) atoms. The highest BCUT2D eigenvalue weighted by Crippen LogP contribution is 2.17. The smallest absolute Gasteiger partial charge is 0.232 e. The van der Waals surface area contributed by atoms with Crippen LogP contribution >= 0.6 is 0 Å². The van der Waals surface area contributed by atoms with Crippen molar-refractivity contribution < 1.29 is 4.74 Å². The number of rotatable bonds is 8. The summed E-state index contributed by atoms with van der Waals surface area (Å²) in [4.78, 5) is 13.5. The molecule has 142 valence electrons. The summed E-state index contributed by atoms with van der Waals surface area (Å²) in [6.07, 6.45) is 5.29. The molecule has 5 heteroatoms. The van der Waals surface area contributed by atoms with Crippen LogP contribution in [0.5, 0.6) is 5.88 Å². The molecule has 2 heterocycles. The van der Waals surface area contributed by atoms with E-state index in [0.717, 1.165) is 30.0 Å². The lowest BCUT2D eigenvalue weighted by molar-refractivity contribution is 0.190. The van der Waals surface area contributed by atoms with E-state index in [1.165, 1.54) is 0 Å². The van der Waals surface area contributed by atoms with Crippen molar-refractivity contribution in [2.45, 2.75) is 66.3 Å². The molecule has 5 nitrogen and oxygen atoms in total. The standard InChI is InChI=1S/C21H32N4O/c1-15(2)18-8-7-9-19(25-18)23-16(3)10-11-17-12-22-13-20(24-17)26-14-21(4,5)6/h7-9,12-13,15-16H,10-11,14H2,1-6H3,(H,23,25). The fraction of sp³-hybridized carbons (Fsp3) is 0.571. The van der Waals surface area contributed by atoms with Crippen LogP contribution in [0.4, 0.5) is 5.82 Å². The van der Waals surface area contributed by atoms with E-state index in [1.807, 2.05) is 12.3 Å². The van der Waals surface area contributed by atoms with Gasteiger partial charge in [-0.3, -0.25) is 4.98 Å². The van der Waals surface area contributed by atoms with Gasteiger partial charge in [-0.1, -0.05) is 40.7 Å². The average molecular weight is 357 g/mol. The summed E-state index contributed by atoms with van der Waals surface area (Å²) in [6.45, 7) is 13.5. The van der Waals surface area contributed by atoms with Gasteiger partial charge in [-0.05, 0) is 43.2 Å². The van der Waals surface area contributed by atoms with Crippen molar-refractivity contribution in [1.29, 1.82) is 0 Å². The first kappa shape index (κ1) is 20.1.